The van der Waals surface area contributed by atoms with Crippen LogP contribution < -0.4 is 10.2 Å². The number of anilines is 2. The molecule has 2 aromatic carbocycles. The van der Waals surface area contributed by atoms with Crippen LogP contribution in [0.15, 0.2) is 42.5 Å². The molecule has 0 aromatic heterocycles. The fourth-order valence-electron chi connectivity index (χ4n) is 3.05. The van der Waals surface area contributed by atoms with Gasteiger partial charge in [0.05, 0.1) is 12.1 Å². The molecule has 1 amide bonds. The molecule has 3 nitrogen and oxygen atoms in total. The Morgan fingerprint density at radius 2 is 1.78 bits per heavy atom. The van der Waals surface area contributed by atoms with Crippen LogP contribution >= 0.6 is 0 Å². The van der Waals surface area contributed by atoms with Crippen LogP contribution in [0.25, 0.3) is 0 Å². The lowest BCUT2D eigenvalue weighted by molar-refractivity contribution is 0.0997. The minimum absolute atomic E-state index is 0.0834. The lowest BCUT2D eigenvalue weighted by atomic mass is 9.87. The van der Waals surface area contributed by atoms with Gasteiger partial charge in [-0.25, -0.2) is 0 Å². The first-order chi connectivity index (χ1) is 10.9. The Hall–Kier alpha value is -2.29. The molecule has 3 rings (SSSR count). The van der Waals surface area contributed by atoms with Crippen LogP contribution in [-0.4, -0.2) is 12.5 Å². The van der Waals surface area contributed by atoms with Gasteiger partial charge in [-0.15, -0.1) is 0 Å². The predicted octanol–water partition coefficient (Wildman–Crippen LogP) is 4.58. The number of rotatable bonds is 3. The number of benzene rings is 2. The molecular formula is C20H24N2O. The van der Waals surface area contributed by atoms with Gasteiger partial charge in [-0.3, -0.25) is 4.79 Å². The molecule has 0 fully saturated rings. The maximum absolute atomic E-state index is 12.9. The minimum Gasteiger partial charge on any atom is -0.385 e. The highest BCUT2D eigenvalue weighted by Gasteiger charge is 2.30. The summed E-state index contributed by atoms with van der Waals surface area (Å²) in [5, 5.41) is 3.29. The highest BCUT2D eigenvalue weighted by Crippen LogP contribution is 2.33. The highest BCUT2D eigenvalue weighted by molar-refractivity contribution is 6.13. The summed E-state index contributed by atoms with van der Waals surface area (Å²) in [5.74, 6) is 0.0834. The molecule has 0 radical (unpaired) electrons. The highest BCUT2D eigenvalue weighted by atomic mass is 16.2. The van der Waals surface area contributed by atoms with Crippen LogP contribution in [0.3, 0.4) is 0 Å². The van der Waals surface area contributed by atoms with E-state index in [1.54, 1.807) is 0 Å². The quantitative estimate of drug-likeness (QED) is 0.900. The fourth-order valence-corrected chi connectivity index (χ4v) is 3.05. The average Bonchev–Trinajstić information content (AvgIpc) is 2.85. The Balaban J connectivity index is 1.92. The summed E-state index contributed by atoms with van der Waals surface area (Å²) >= 11 is 0. The second-order valence-corrected chi connectivity index (χ2v) is 7.06. The van der Waals surface area contributed by atoms with Gasteiger partial charge in [0.1, 0.15) is 0 Å². The molecule has 0 bridgehead atoms. The molecule has 0 aliphatic carbocycles. The van der Waals surface area contributed by atoms with Crippen LogP contribution in [-0.2, 0) is 12.0 Å². The third-order valence-corrected chi connectivity index (χ3v) is 4.35. The van der Waals surface area contributed by atoms with Gasteiger partial charge in [-0.1, -0.05) is 45.0 Å². The number of carbonyl (C=O) groups excluding carboxylic acids is 1. The second-order valence-electron chi connectivity index (χ2n) is 7.06. The molecule has 0 saturated carbocycles. The van der Waals surface area contributed by atoms with E-state index in [-0.39, 0.29) is 11.3 Å². The third kappa shape index (κ3) is 2.83. The lowest BCUT2D eigenvalue weighted by Gasteiger charge is -2.21. The van der Waals surface area contributed by atoms with E-state index in [4.69, 9.17) is 0 Å². The molecule has 1 N–H and O–H groups in total. The van der Waals surface area contributed by atoms with Gasteiger partial charge < -0.3 is 10.2 Å². The summed E-state index contributed by atoms with van der Waals surface area (Å²) in [5.41, 5.74) is 5.20. The number of fused-ring (bicyclic) bond motifs is 1. The van der Waals surface area contributed by atoms with E-state index in [1.165, 1.54) is 5.56 Å². The zero-order valence-corrected chi connectivity index (χ0v) is 14.3. The molecule has 120 valence electrons. The van der Waals surface area contributed by atoms with Crippen molar-refractivity contribution < 1.29 is 4.79 Å². The number of hydrogen-bond donors (Lipinski definition) is 1. The van der Waals surface area contributed by atoms with Crippen molar-refractivity contribution in [2.45, 2.75) is 39.7 Å². The lowest BCUT2D eigenvalue weighted by Crippen LogP contribution is -2.23. The van der Waals surface area contributed by atoms with E-state index >= 15 is 0 Å². The summed E-state index contributed by atoms with van der Waals surface area (Å²) in [6.45, 7) is 10.1. The van der Waals surface area contributed by atoms with Gasteiger partial charge >= 0.3 is 0 Å². The van der Waals surface area contributed by atoms with E-state index in [0.717, 1.165) is 29.0 Å². The molecule has 0 spiro atoms. The summed E-state index contributed by atoms with van der Waals surface area (Å²) < 4.78 is 0. The molecule has 0 unspecified atom stereocenters. The van der Waals surface area contributed by atoms with Crippen molar-refractivity contribution in [1.29, 1.82) is 0 Å². The predicted molar refractivity (Wildman–Crippen MR) is 96.3 cm³/mol. The number of nitrogens with one attached hydrogen (secondary N) is 1. The Kier molecular flexibility index (Phi) is 3.88. The molecule has 3 heteroatoms. The van der Waals surface area contributed by atoms with Gasteiger partial charge in [0.15, 0.2) is 0 Å². The van der Waals surface area contributed by atoms with Crippen molar-refractivity contribution in [3.05, 3.63) is 59.2 Å². The Morgan fingerprint density at radius 3 is 2.39 bits per heavy atom. The van der Waals surface area contributed by atoms with E-state index < -0.39 is 0 Å². The minimum atomic E-state index is 0.0834. The van der Waals surface area contributed by atoms with E-state index in [2.05, 4.69) is 50.4 Å². The standard InChI is InChI=1S/C20H24N2O/c1-5-21-17-8-6-7-14-13-22(19(23)18(14)17)16-11-9-15(10-12-16)20(2,3)4/h6-12,21H,5,13H2,1-4H3. The molecule has 1 aliphatic rings. The average molecular weight is 308 g/mol. The Bertz CT molecular complexity index is 726. The third-order valence-electron chi connectivity index (χ3n) is 4.35. The van der Waals surface area contributed by atoms with Gasteiger partial charge in [0.2, 0.25) is 0 Å². The van der Waals surface area contributed by atoms with Gasteiger partial charge in [0, 0.05) is 17.9 Å². The van der Waals surface area contributed by atoms with Crippen LogP contribution in [0.1, 0.15) is 49.2 Å². The van der Waals surface area contributed by atoms with Crippen molar-refractivity contribution in [2.75, 3.05) is 16.8 Å². The fraction of sp³-hybridized carbons (Fsp3) is 0.350. The maximum Gasteiger partial charge on any atom is 0.261 e. The monoisotopic (exact) mass is 308 g/mol. The molecule has 1 heterocycles. The molecule has 23 heavy (non-hydrogen) atoms. The Morgan fingerprint density at radius 1 is 1.09 bits per heavy atom. The number of carbonyl (C=O) groups is 1. The van der Waals surface area contributed by atoms with Crippen molar-refractivity contribution in [2.24, 2.45) is 0 Å². The first-order valence-corrected chi connectivity index (χ1v) is 8.20. The van der Waals surface area contributed by atoms with Gasteiger partial charge in [-0.2, -0.15) is 0 Å². The normalized spacial score (nSPS) is 14.1. The van der Waals surface area contributed by atoms with Crippen molar-refractivity contribution in [3.8, 4) is 0 Å². The zero-order valence-electron chi connectivity index (χ0n) is 14.3. The van der Waals surface area contributed by atoms with Crippen LogP contribution in [0.2, 0.25) is 0 Å². The van der Waals surface area contributed by atoms with Crippen molar-refractivity contribution in [1.82, 2.24) is 0 Å². The van der Waals surface area contributed by atoms with E-state index in [0.29, 0.717) is 6.54 Å². The zero-order chi connectivity index (χ0) is 16.6. The van der Waals surface area contributed by atoms with Crippen LogP contribution in [0, 0.1) is 0 Å². The van der Waals surface area contributed by atoms with Crippen LogP contribution in [0.5, 0.6) is 0 Å². The SMILES string of the molecule is CCNc1cccc2c1C(=O)N(c1ccc(C(C)(C)C)cc1)C2. The van der Waals surface area contributed by atoms with Crippen LogP contribution in [0.4, 0.5) is 11.4 Å². The van der Waals surface area contributed by atoms with Gasteiger partial charge in [-0.05, 0) is 41.7 Å². The van der Waals surface area contributed by atoms with E-state index in [1.807, 2.05) is 30.0 Å². The first-order valence-electron chi connectivity index (χ1n) is 8.20. The second kappa shape index (κ2) is 5.73. The summed E-state index contributed by atoms with van der Waals surface area (Å²) in [6.07, 6.45) is 0. The topological polar surface area (TPSA) is 32.3 Å². The molecule has 1 aliphatic heterocycles. The molecular weight excluding hydrogens is 284 g/mol. The molecule has 2 aromatic rings. The largest absolute Gasteiger partial charge is 0.385 e. The van der Waals surface area contributed by atoms with Crippen molar-refractivity contribution in [3.63, 3.8) is 0 Å². The number of hydrogen-bond acceptors (Lipinski definition) is 2. The van der Waals surface area contributed by atoms with E-state index in [9.17, 15) is 4.79 Å². The first kappa shape index (κ1) is 15.6. The number of amides is 1. The van der Waals surface area contributed by atoms with Gasteiger partial charge in [0.25, 0.3) is 5.91 Å². The smallest absolute Gasteiger partial charge is 0.261 e. The number of nitrogens with zero attached hydrogens (tertiary/aromatic N) is 1. The maximum atomic E-state index is 12.9. The Labute approximate surface area is 138 Å². The summed E-state index contributed by atoms with van der Waals surface area (Å²) in [7, 11) is 0. The van der Waals surface area contributed by atoms with Crippen molar-refractivity contribution >= 4 is 17.3 Å². The summed E-state index contributed by atoms with van der Waals surface area (Å²) in [4.78, 5) is 14.7. The molecule has 0 atom stereocenters. The summed E-state index contributed by atoms with van der Waals surface area (Å²) in [6, 6.07) is 14.4. The molecule has 0 saturated heterocycles.